The first-order chi connectivity index (χ1) is 8.15. The molecule has 0 radical (unpaired) electrons. The molecule has 0 bridgehead atoms. The van der Waals surface area contributed by atoms with Crippen molar-refractivity contribution in [3.63, 3.8) is 0 Å². The lowest BCUT2D eigenvalue weighted by Gasteiger charge is -2.11. The molecule has 0 aliphatic rings. The third-order valence-corrected chi connectivity index (χ3v) is 3.04. The zero-order valence-corrected chi connectivity index (χ0v) is 11.4. The predicted octanol–water partition coefficient (Wildman–Crippen LogP) is 1.64. The van der Waals surface area contributed by atoms with Crippen molar-refractivity contribution in [2.45, 2.75) is 19.1 Å². The van der Waals surface area contributed by atoms with Crippen LogP contribution in [0.2, 0.25) is 0 Å². The van der Waals surface area contributed by atoms with E-state index in [0.29, 0.717) is 30.6 Å². The third-order valence-electron chi connectivity index (χ3n) is 2.40. The number of methoxy groups -OCH3 is 1. The van der Waals surface area contributed by atoms with E-state index in [9.17, 15) is 10.2 Å². The van der Waals surface area contributed by atoms with Crippen LogP contribution in [0.25, 0.3) is 0 Å². The number of phenols is 1. The monoisotopic (exact) mass is 303 g/mol. The fourth-order valence-electron chi connectivity index (χ4n) is 1.47. The summed E-state index contributed by atoms with van der Waals surface area (Å²) in [5.74, 6) is 0.262. The van der Waals surface area contributed by atoms with Gasteiger partial charge in [0.25, 0.3) is 0 Å². The topological polar surface area (TPSA) is 61.7 Å². The molecule has 17 heavy (non-hydrogen) atoms. The SMILES string of the molecule is COCC(O)CCNCc1cccc(Br)c1O. The van der Waals surface area contributed by atoms with Crippen LogP contribution in [0.3, 0.4) is 0 Å². The van der Waals surface area contributed by atoms with E-state index in [1.807, 2.05) is 12.1 Å². The van der Waals surface area contributed by atoms with Crippen molar-refractivity contribution in [3.05, 3.63) is 28.2 Å². The number of nitrogens with one attached hydrogen (secondary N) is 1. The number of hydrogen-bond donors (Lipinski definition) is 3. The minimum Gasteiger partial charge on any atom is -0.506 e. The molecular weight excluding hydrogens is 286 g/mol. The Morgan fingerprint density at radius 1 is 1.47 bits per heavy atom. The van der Waals surface area contributed by atoms with E-state index in [1.165, 1.54) is 0 Å². The van der Waals surface area contributed by atoms with Gasteiger partial charge in [0.2, 0.25) is 0 Å². The fraction of sp³-hybridized carbons (Fsp3) is 0.500. The van der Waals surface area contributed by atoms with Gasteiger partial charge in [-0.15, -0.1) is 0 Å². The quantitative estimate of drug-likeness (QED) is 0.670. The molecule has 5 heteroatoms. The van der Waals surface area contributed by atoms with Crippen molar-refractivity contribution in [3.8, 4) is 5.75 Å². The van der Waals surface area contributed by atoms with Crippen molar-refractivity contribution in [2.24, 2.45) is 0 Å². The summed E-state index contributed by atoms with van der Waals surface area (Å²) in [7, 11) is 1.57. The van der Waals surface area contributed by atoms with E-state index in [0.717, 1.165) is 5.56 Å². The third kappa shape index (κ3) is 5.04. The lowest BCUT2D eigenvalue weighted by atomic mass is 10.2. The molecule has 0 heterocycles. The molecule has 1 aromatic rings. The average Bonchev–Trinajstić information content (AvgIpc) is 2.30. The Hall–Kier alpha value is -0.620. The second kappa shape index (κ2) is 7.66. The molecule has 0 saturated heterocycles. The maximum absolute atomic E-state index is 9.73. The summed E-state index contributed by atoms with van der Waals surface area (Å²) in [6, 6.07) is 5.53. The van der Waals surface area contributed by atoms with Gasteiger partial charge in [0, 0.05) is 19.2 Å². The molecule has 0 spiro atoms. The molecule has 0 aliphatic heterocycles. The Kier molecular flexibility index (Phi) is 6.50. The van der Waals surface area contributed by atoms with Gasteiger partial charge in [0.05, 0.1) is 17.2 Å². The van der Waals surface area contributed by atoms with Crippen molar-refractivity contribution >= 4 is 15.9 Å². The lowest BCUT2D eigenvalue weighted by Crippen LogP contribution is -2.23. The van der Waals surface area contributed by atoms with Crippen LogP contribution in [-0.2, 0) is 11.3 Å². The van der Waals surface area contributed by atoms with E-state index in [-0.39, 0.29) is 5.75 Å². The number of rotatable bonds is 7. The first kappa shape index (κ1) is 14.4. The van der Waals surface area contributed by atoms with Crippen LogP contribution in [0.15, 0.2) is 22.7 Å². The van der Waals surface area contributed by atoms with Crippen molar-refractivity contribution < 1.29 is 14.9 Å². The number of ether oxygens (including phenoxy) is 1. The van der Waals surface area contributed by atoms with Crippen LogP contribution in [-0.4, -0.2) is 36.6 Å². The van der Waals surface area contributed by atoms with E-state index in [2.05, 4.69) is 21.2 Å². The number of para-hydroxylation sites is 1. The molecular formula is C12H18BrNO3. The molecule has 1 aromatic carbocycles. The Morgan fingerprint density at radius 2 is 2.24 bits per heavy atom. The zero-order valence-electron chi connectivity index (χ0n) is 9.82. The van der Waals surface area contributed by atoms with Crippen molar-refractivity contribution in [2.75, 3.05) is 20.3 Å². The minimum absolute atomic E-state index is 0.262. The highest BCUT2D eigenvalue weighted by molar-refractivity contribution is 9.10. The largest absolute Gasteiger partial charge is 0.506 e. The van der Waals surface area contributed by atoms with Gasteiger partial charge in [-0.1, -0.05) is 12.1 Å². The molecule has 0 saturated carbocycles. The second-order valence-corrected chi connectivity index (χ2v) is 4.68. The Bertz CT molecular complexity index is 347. The summed E-state index contributed by atoms with van der Waals surface area (Å²) in [5, 5.41) is 22.3. The Labute approximate surface area is 110 Å². The van der Waals surface area contributed by atoms with E-state index in [1.54, 1.807) is 13.2 Å². The standard InChI is InChI=1S/C12H18BrNO3/c1-17-8-10(15)5-6-14-7-9-3-2-4-11(13)12(9)16/h2-4,10,14-16H,5-8H2,1H3. The van der Waals surface area contributed by atoms with Crippen LogP contribution in [0.5, 0.6) is 5.75 Å². The Morgan fingerprint density at radius 3 is 2.94 bits per heavy atom. The fourth-order valence-corrected chi connectivity index (χ4v) is 1.88. The molecule has 0 aromatic heterocycles. The molecule has 1 unspecified atom stereocenters. The molecule has 3 N–H and O–H groups in total. The van der Waals surface area contributed by atoms with Gasteiger partial charge in [-0.05, 0) is 35.0 Å². The number of aliphatic hydroxyl groups is 1. The Balaban J connectivity index is 2.29. The van der Waals surface area contributed by atoms with Gasteiger partial charge >= 0.3 is 0 Å². The molecule has 0 amide bonds. The summed E-state index contributed by atoms with van der Waals surface area (Å²) in [6.07, 6.45) is 0.186. The van der Waals surface area contributed by atoms with Crippen LogP contribution < -0.4 is 5.32 Å². The molecule has 0 aliphatic carbocycles. The first-order valence-electron chi connectivity index (χ1n) is 5.49. The second-order valence-electron chi connectivity index (χ2n) is 3.82. The highest BCUT2D eigenvalue weighted by Crippen LogP contribution is 2.27. The van der Waals surface area contributed by atoms with Crippen LogP contribution in [0, 0.1) is 0 Å². The molecule has 1 rings (SSSR count). The summed E-state index contributed by atoms with van der Waals surface area (Å²) in [4.78, 5) is 0. The number of aromatic hydroxyl groups is 1. The predicted molar refractivity (Wildman–Crippen MR) is 70.0 cm³/mol. The van der Waals surface area contributed by atoms with E-state index < -0.39 is 6.10 Å². The van der Waals surface area contributed by atoms with E-state index in [4.69, 9.17) is 4.74 Å². The molecule has 96 valence electrons. The van der Waals surface area contributed by atoms with Gasteiger partial charge in [0.15, 0.2) is 0 Å². The summed E-state index contributed by atoms with van der Waals surface area (Å²) < 4.78 is 5.52. The summed E-state index contributed by atoms with van der Waals surface area (Å²) in [6.45, 7) is 1.60. The van der Waals surface area contributed by atoms with Crippen LogP contribution in [0.4, 0.5) is 0 Å². The molecule has 1 atom stereocenters. The lowest BCUT2D eigenvalue weighted by molar-refractivity contribution is 0.0594. The number of benzene rings is 1. The van der Waals surface area contributed by atoms with Crippen LogP contribution >= 0.6 is 15.9 Å². The number of aliphatic hydroxyl groups excluding tert-OH is 1. The zero-order chi connectivity index (χ0) is 12.7. The molecule has 4 nitrogen and oxygen atoms in total. The van der Waals surface area contributed by atoms with Crippen molar-refractivity contribution in [1.29, 1.82) is 0 Å². The van der Waals surface area contributed by atoms with Gasteiger partial charge in [-0.25, -0.2) is 0 Å². The van der Waals surface area contributed by atoms with Gasteiger partial charge in [-0.2, -0.15) is 0 Å². The average molecular weight is 304 g/mol. The van der Waals surface area contributed by atoms with Gasteiger partial charge < -0.3 is 20.3 Å². The summed E-state index contributed by atoms with van der Waals surface area (Å²) in [5.41, 5.74) is 0.834. The number of halogens is 1. The van der Waals surface area contributed by atoms with E-state index >= 15 is 0 Å². The van der Waals surface area contributed by atoms with Crippen molar-refractivity contribution in [1.82, 2.24) is 5.32 Å². The summed E-state index contributed by atoms with van der Waals surface area (Å²) >= 11 is 3.26. The highest BCUT2D eigenvalue weighted by atomic mass is 79.9. The highest BCUT2D eigenvalue weighted by Gasteiger charge is 2.05. The van der Waals surface area contributed by atoms with Crippen LogP contribution in [0.1, 0.15) is 12.0 Å². The number of hydrogen-bond acceptors (Lipinski definition) is 4. The molecule has 0 fully saturated rings. The first-order valence-corrected chi connectivity index (χ1v) is 6.28. The maximum Gasteiger partial charge on any atom is 0.134 e. The van der Waals surface area contributed by atoms with Gasteiger partial charge in [-0.3, -0.25) is 0 Å². The minimum atomic E-state index is -0.441. The maximum atomic E-state index is 9.73. The number of phenolic OH excluding ortho intramolecular Hbond substituents is 1. The van der Waals surface area contributed by atoms with Gasteiger partial charge in [0.1, 0.15) is 5.75 Å². The smallest absolute Gasteiger partial charge is 0.134 e. The normalized spacial score (nSPS) is 12.6.